The molecule has 0 aliphatic rings. The molecule has 2 heterocycles. The van der Waals surface area contributed by atoms with E-state index in [0.29, 0.717) is 12.5 Å². The molecule has 2 aromatic rings. The third-order valence-electron chi connectivity index (χ3n) is 3.27. The van der Waals surface area contributed by atoms with Crippen molar-refractivity contribution in [2.24, 2.45) is 0 Å². The van der Waals surface area contributed by atoms with E-state index >= 15 is 0 Å². The van der Waals surface area contributed by atoms with Crippen LogP contribution in [0.5, 0.6) is 0 Å². The molecule has 0 saturated carbocycles. The highest BCUT2D eigenvalue weighted by Crippen LogP contribution is 2.05. The molecule has 1 amide bonds. The SMILES string of the molecule is CCCCNC(=O)Cn1cc(CCCc2cnc(N)[nH]2)nn1.Cl. The maximum atomic E-state index is 11.7. The first kappa shape index (κ1) is 19.0. The number of nitrogens with two attached hydrogens (primary N) is 1. The molecule has 2 aromatic heterocycles. The fraction of sp³-hybridized carbons (Fsp3) is 0.571. The molecule has 0 radical (unpaired) electrons. The predicted octanol–water partition coefficient (Wildman–Crippen LogP) is 1.10. The summed E-state index contributed by atoms with van der Waals surface area (Å²) in [5, 5.41) is 10.9. The zero-order valence-corrected chi connectivity index (χ0v) is 14.1. The average molecular weight is 342 g/mol. The normalized spacial score (nSPS) is 10.3. The van der Waals surface area contributed by atoms with E-state index in [1.54, 1.807) is 10.9 Å². The Bertz CT molecular complexity index is 595. The number of aromatic nitrogens is 5. The van der Waals surface area contributed by atoms with Gasteiger partial charge < -0.3 is 16.0 Å². The van der Waals surface area contributed by atoms with Crippen LogP contribution in [0.15, 0.2) is 12.4 Å². The Kier molecular flexibility index (Phi) is 8.10. The minimum Gasteiger partial charge on any atom is -0.369 e. The molecule has 0 atom stereocenters. The lowest BCUT2D eigenvalue weighted by Gasteiger charge is -2.03. The number of anilines is 1. The highest BCUT2D eigenvalue weighted by Gasteiger charge is 2.06. The molecule has 2 rings (SSSR count). The van der Waals surface area contributed by atoms with Crippen LogP contribution in [0.1, 0.15) is 37.6 Å². The highest BCUT2D eigenvalue weighted by molar-refractivity contribution is 5.85. The van der Waals surface area contributed by atoms with Gasteiger partial charge in [0.15, 0.2) is 5.95 Å². The Morgan fingerprint density at radius 1 is 1.39 bits per heavy atom. The van der Waals surface area contributed by atoms with Gasteiger partial charge in [-0.2, -0.15) is 0 Å². The standard InChI is InChI=1S/C14H23N7O.ClH/c1-2-3-7-16-13(22)10-21-9-12(19-20-21)6-4-5-11-8-17-14(15)18-11;/h8-9H,2-7,10H2,1H3,(H,16,22)(H3,15,17,18);1H. The predicted molar refractivity (Wildman–Crippen MR) is 90.2 cm³/mol. The van der Waals surface area contributed by atoms with Gasteiger partial charge in [-0.1, -0.05) is 18.6 Å². The zero-order chi connectivity index (χ0) is 15.8. The molecule has 0 aromatic carbocycles. The molecular weight excluding hydrogens is 318 g/mol. The first-order valence-electron chi connectivity index (χ1n) is 7.62. The number of aryl methyl sites for hydroxylation is 2. The van der Waals surface area contributed by atoms with E-state index in [9.17, 15) is 4.79 Å². The molecule has 128 valence electrons. The molecule has 0 saturated heterocycles. The van der Waals surface area contributed by atoms with Crippen molar-refractivity contribution in [3.8, 4) is 0 Å². The summed E-state index contributed by atoms with van der Waals surface area (Å²) in [5.74, 6) is 0.410. The van der Waals surface area contributed by atoms with E-state index in [0.717, 1.165) is 43.5 Å². The number of carbonyl (C=O) groups excluding carboxylic acids is 1. The van der Waals surface area contributed by atoms with Gasteiger partial charge in [-0.15, -0.1) is 17.5 Å². The first-order chi connectivity index (χ1) is 10.7. The molecule has 0 fully saturated rings. The molecule has 0 aliphatic carbocycles. The number of nitrogens with zero attached hydrogens (tertiary/aromatic N) is 4. The number of hydrogen-bond donors (Lipinski definition) is 3. The number of nitrogens with one attached hydrogen (secondary N) is 2. The number of unbranched alkanes of at least 4 members (excludes halogenated alkanes) is 1. The van der Waals surface area contributed by atoms with Crippen molar-refractivity contribution in [1.29, 1.82) is 0 Å². The number of nitrogen functional groups attached to an aromatic ring is 1. The van der Waals surface area contributed by atoms with Gasteiger partial charge in [0.05, 0.1) is 11.9 Å². The lowest BCUT2D eigenvalue weighted by molar-refractivity contribution is -0.121. The smallest absolute Gasteiger partial charge is 0.241 e. The first-order valence-corrected chi connectivity index (χ1v) is 7.62. The Morgan fingerprint density at radius 2 is 2.22 bits per heavy atom. The summed E-state index contributed by atoms with van der Waals surface area (Å²) in [5.41, 5.74) is 7.42. The Morgan fingerprint density at radius 3 is 2.91 bits per heavy atom. The summed E-state index contributed by atoms with van der Waals surface area (Å²) in [6.45, 7) is 3.02. The van der Waals surface area contributed by atoms with E-state index in [1.165, 1.54) is 0 Å². The van der Waals surface area contributed by atoms with Crippen molar-refractivity contribution >= 4 is 24.3 Å². The summed E-state index contributed by atoms with van der Waals surface area (Å²) in [4.78, 5) is 18.6. The van der Waals surface area contributed by atoms with E-state index in [4.69, 9.17) is 5.73 Å². The number of carbonyl (C=O) groups is 1. The molecule has 8 nitrogen and oxygen atoms in total. The molecular formula is C14H24ClN7O. The van der Waals surface area contributed by atoms with Crippen LogP contribution >= 0.6 is 12.4 Å². The topological polar surface area (TPSA) is 115 Å². The second-order valence-corrected chi connectivity index (χ2v) is 5.26. The number of aromatic amines is 1. The van der Waals surface area contributed by atoms with E-state index in [2.05, 4.69) is 32.5 Å². The van der Waals surface area contributed by atoms with Crippen molar-refractivity contribution in [3.05, 3.63) is 23.8 Å². The summed E-state index contributed by atoms with van der Waals surface area (Å²) in [6, 6.07) is 0. The van der Waals surface area contributed by atoms with Gasteiger partial charge in [0, 0.05) is 18.4 Å². The number of amides is 1. The van der Waals surface area contributed by atoms with Crippen molar-refractivity contribution < 1.29 is 4.79 Å². The minimum atomic E-state index is -0.0298. The van der Waals surface area contributed by atoms with E-state index < -0.39 is 0 Å². The van der Waals surface area contributed by atoms with E-state index in [1.807, 2.05) is 6.20 Å². The molecule has 0 spiro atoms. The van der Waals surface area contributed by atoms with Gasteiger partial charge in [-0.3, -0.25) is 4.79 Å². The van der Waals surface area contributed by atoms with Crippen LogP contribution in [-0.4, -0.2) is 37.4 Å². The number of H-pyrrole nitrogens is 1. The van der Waals surface area contributed by atoms with Gasteiger partial charge in [-0.05, 0) is 25.7 Å². The lowest BCUT2D eigenvalue weighted by atomic mass is 10.2. The van der Waals surface area contributed by atoms with Crippen LogP contribution in [0.3, 0.4) is 0 Å². The van der Waals surface area contributed by atoms with Crippen molar-refractivity contribution in [3.63, 3.8) is 0 Å². The molecule has 0 aliphatic heterocycles. The molecule has 9 heteroatoms. The molecule has 23 heavy (non-hydrogen) atoms. The fourth-order valence-corrected chi connectivity index (χ4v) is 2.10. The lowest BCUT2D eigenvalue weighted by Crippen LogP contribution is -2.28. The maximum absolute atomic E-state index is 11.7. The molecule has 0 bridgehead atoms. The highest BCUT2D eigenvalue weighted by atomic mass is 35.5. The molecule has 4 N–H and O–H groups in total. The third-order valence-corrected chi connectivity index (χ3v) is 3.27. The number of halogens is 1. The van der Waals surface area contributed by atoms with Crippen molar-refractivity contribution in [2.75, 3.05) is 12.3 Å². The number of hydrogen-bond acceptors (Lipinski definition) is 5. The van der Waals surface area contributed by atoms with Crippen LogP contribution in [-0.2, 0) is 24.2 Å². The Balaban J connectivity index is 0.00000264. The summed E-state index contributed by atoms with van der Waals surface area (Å²) in [7, 11) is 0. The average Bonchev–Trinajstić information content (AvgIpc) is 3.09. The van der Waals surface area contributed by atoms with Gasteiger partial charge in [0.25, 0.3) is 0 Å². The van der Waals surface area contributed by atoms with Gasteiger partial charge in [0.2, 0.25) is 5.91 Å². The van der Waals surface area contributed by atoms with Gasteiger partial charge in [0.1, 0.15) is 6.54 Å². The van der Waals surface area contributed by atoms with Crippen LogP contribution in [0.4, 0.5) is 5.95 Å². The molecule has 0 unspecified atom stereocenters. The fourth-order valence-electron chi connectivity index (χ4n) is 2.10. The third kappa shape index (κ3) is 6.68. The number of rotatable bonds is 9. The van der Waals surface area contributed by atoms with E-state index in [-0.39, 0.29) is 24.9 Å². The van der Waals surface area contributed by atoms with Crippen LogP contribution < -0.4 is 11.1 Å². The monoisotopic (exact) mass is 341 g/mol. The Hall–Kier alpha value is -2.09. The quantitative estimate of drug-likeness (QED) is 0.591. The maximum Gasteiger partial charge on any atom is 0.241 e. The number of imidazole rings is 1. The summed E-state index contributed by atoms with van der Waals surface area (Å²) >= 11 is 0. The van der Waals surface area contributed by atoms with Crippen molar-refractivity contribution in [2.45, 2.75) is 45.6 Å². The largest absolute Gasteiger partial charge is 0.369 e. The second-order valence-electron chi connectivity index (χ2n) is 5.26. The minimum absolute atomic E-state index is 0. The van der Waals surface area contributed by atoms with Crippen LogP contribution in [0.25, 0.3) is 0 Å². The summed E-state index contributed by atoms with van der Waals surface area (Å²) in [6.07, 6.45) is 8.20. The second kappa shape index (κ2) is 9.83. The van der Waals surface area contributed by atoms with Gasteiger partial charge >= 0.3 is 0 Å². The van der Waals surface area contributed by atoms with Crippen LogP contribution in [0, 0.1) is 0 Å². The van der Waals surface area contributed by atoms with Crippen LogP contribution in [0.2, 0.25) is 0 Å². The summed E-state index contributed by atoms with van der Waals surface area (Å²) < 4.78 is 1.57. The van der Waals surface area contributed by atoms with Crippen molar-refractivity contribution in [1.82, 2.24) is 30.3 Å². The van der Waals surface area contributed by atoms with Gasteiger partial charge in [-0.25, -0.2) is 9.67 Å². The zero-order valence-electron chi connectivity index (χ0n) is 13.3. The Labute approximate surface area is 141 Å².